The van der Waals surface area contributed by atoms with E-state index in [-0.39, 0.29) is 17.1 Å². The molecule has 0 aliphatic rings. The van der Waals surface area contributed by atoms with Gasteiger partial charge in [-0.25, -0.2) is 9.37 Å². The summed E-state index contributed by atoms with van der Waals surface area (Å²) in [6.07, 6.45) is 1.95. The van der Waals surface area contributed by atoms with Crippen LogP contribution in [-0.4, -0.2) is 16.0 Å². The monoisotopic (exact) mass is 203 g/mol. The number of nitrogens with zero attached hydrogens (tertiary/aromatic N) is 2. The van der Waals surface area contributed by atoms with Crippen LogP contribution in [0.4, 0.5) is 10.2 Å². The van der Waals surface area contributed by atoms with E-state index in [4.69, 9.17) is 11.6 Å². The Morgan fingerprint density at radius 2 is 2.38 bits per heavy atom. The largest absolute Gasteiger partial charge is 0.365 e. The van der Waals surface area contributed by atoms with Crippen LogP contribution < -0.4 is 5.32 Å². The number of rotatable bonds is 3. The average molecular weight is 204 g/mol. The Morgan fingerprint density at radius 1 is 1.69 bits per heavy atom. The summed E-state index contributed by atoms with van der Waals surface area (Å²) in [5.41, 5.74) is 0. The van der Waals surface area contributed by atoms with Gasteiger partial charge in [0.2, 0.25) is 5.28 Å². The molecule has 1 heterocycles. The van der Waals surface area contributed by atoms with E-state index < -0.39 is 5.82 Å². The summed E-state index contributed by atoms with van der Waals surface area (Å²) in [6, 6.07) is 0.167. The SMILES string of the molecule is CCC(C)Nc1nc(Cl)ncc1F. The first kappa shape index (κ1) is 10.2. The molecule has 13 heavy (non-hydrogen) atoms. The van der Waals surface area contributed by atoms with Crippen molar-refractivity contribution in [2.24, 2.45) is 0 Å². The second-order valence-electron chi connectivity index (χ2n) is 2.79. The Hall–Kier alpha value is -0.900. The molecule has 1 unspecified atom stereocenters. The number of hydrogen-bond acceptors (Lipinski definition) is 3. The van der Waals surface area contributed by atoms with Crippen molar-refractivity contribution in [1.29, 1.82) is 0 Å². The van der Waals surface area contributed by atoms with E-state index in [0.29, 0.717) is 0 Å². The van der Waals surface area contributed by atoms with Crippen LogP contribution in [0.1, 0.15) is 20.3 Å². The summed E-state index contributed by atoms with van der Waals surface area (Å²) in [6.45, 7) is 3.94. The number of anilines is 1. The van der Waals surface area contributed by atoms with Crippen molar-refractivity contribution in [3.8, 4) is 0 Å². The lowest BCUT2D eigenvalue weighted by Gasteiger charge is -2.11. The van der Waals surface area contributed by atoms with Crippen molar-refractivity contribution in [3.05, 3.63) is 17.3 Å². The zero-order valence-electron chi connectivity index (χ0n) is 7.51. The number of aromatic nitrogens is 2. The van der Waals surface area contributed by atoms with Gasteiger partial charge in [-0.3, -0.25) is 0 Å². The van der Waals surface area contributed by atoms with E-state index >= 15 is 0 Å². The van der Waals surface area contributed by atoms with Crippen LogP contribution in [0.25, 0.3) is 0 Å². The molecule has 0 spiro atoms. The molecule has 5 heteroatoms. The quantitative estimate of drug-likeness (QED) is 0.767. The predicted molar refractivity (Wildman–Crippen MR) is 50.4 cm³/mol. The molecule has 0 fully saturated rings. The van der Waals surface area contributed by atoms with E-state index in [0.717, 1.165) is 12.6 Å². The summed E-state index contributed by atoms with van der Waals surface area (Å²) in [5.74, 6) is -0.320. The molecule has 0 aliphatic heterocycles. The van der Waals surface area contributed by atoms with Gasteiger partial charge in [0.25, 0.3) is 0 Å². The Morgan fingerprint density at radius 3 is 3.00 bits per heavy atom. The third kappa shape index (κ3) is 2.81. The Labute approximate surface area is 81.3 Å². The lowest BCUT2D eigenvalue weighted by atomic mass is 10.2. The van der Waals surface area contributed by atoms with Crippen molar-refractivity contribution in [2.75, 3.05) is 5.32 Å². The molecule has 1 atom stereocenters. The molecule has 0 bridgehead atoms. The maximum atomic E-state index is 13.0. The first-order chi connectivity index (χ1) is 6.13. The highest BCUT2D eigenvalue weighted by Crippen LogP contribution is 2.13. The average Bonchev–Trinajstić information content (AvgIpc) is 2.11. The Kier molecular flexibility index (Phi) is 3.42. The topological polar surface area (TPSA) is 37.8 Å². The Balaban J connectivity index is 2.81. The normalized spacial score (nSPS) is 12.6. The third-order valence-corrected chi connectivity index (χ3v) is 1.89. The molecular formula is C8H11ClFN3. The van der Waals surface area contributed by atoms with Gasteiger partial charge in [-0.2, -0.15) is 4.98 Å². The standard InChI is InChI=1S/C8H11ClFN3/c1-3-5(2)12-7-6(10)4-11-8(9)13-7/h4-5H,3H2,1-2H3,(H,11,12,13). The summed E-state index contributed by atoms with van der Waals surface area (Å²) in [4.78, 5) is 7.24. The van der Waals surface area contributed by atoms with E-state index in [1.54, 1.807) is 0 Å². The van der Waals surface area contributed by atoms with Gasteiger partial charge in [0.1, 0.15) is 0 Å². The minimum atomic E-state index is -0.482. The van der Waals surface area contributed by atoms with Crippen LogP contribution >= 0.6 is 11.6 Å². The lowest BCUT2D eigenvalue weighted by Crippen LogP contribution is -2.15. The highest BCUT2D eigenvalue weighted by Gasteiger charge is 2.07. The molecule has 1 rings (SSSR count). The van der Waals surface area contributed by atoms with Crippen LogP contribution in [-0.2, 0) is 0 Å². The van der Waals surface area contributed by atoms with Crippen LogP contribution in [0.15, 0.2) is 6.20 Å². The number of nitrogens with one attached hydrogen (secondary N) is 1. The second-order valence-corrected chi connectivity index (χ2v) is 3.13. The van der Waals surface area contributed by atoms with Crippen LogP contribution in [0.3, 0.4) is 0 Å². The van der Waals surface area contributed by atoms with Gasteiger partial charge in [0.15, 0.2) is 11.6 Å². The van der Waals surface area contributed by atoms with E-state index in [9.17, 15) is 4.39 Å². The van der Waals surface area contributed by atoms with Crippen LogP contribution in [0.5, 0.6) is 0 Å². The maximum Gasteiger partial charge on any atom is 0.224 e. The number of hydrogen-bond donors (Lipinski definition) is 1. The highest BCUT2D eigenvalue weighted by molar-refractivity contribution is 6.28. The molecule has 1 aromatic rings. The fraction of sp³-hybridized carbons (Fsp3) is 0.500. The molecule has 72 valence electrons. The highest BCUT2D eigenvalue weighted by atomic mass is 35.5. The lowest BCUT2D eigenvalue weighted by molar-refractivity contribution is 0.611. The van der Waals surface area contributed by atoms with Gasteiger partial charge in [-0.15, -0.1) is 0 Å². The van der Waals surface area contributed by atoms with E-state index in [2.05, 4.69) is 15.3 Å². The predicted octanol–water partition coefficient (Wildman–Crippen LogP) is 2.48. The molecule has 0 radical (unpaired) electrons. The molecule has 0 aliphatic carbocycles. The van der Waals surface area contributed by atoms with Crippen LogP contribution in [0.2, 0.25) is 5.28 Å². The zero-order valence-corrected chi connectivity index (χ0v) is 8.27. The van der Waals surface area contributed by atoms with Gasteiger partial charge in [-0.1, -0.05) is 6.92 Å². The van der Waals surface area contributed by atoms with Gasteiger partial charge in [0, 0.05) is 6.04 Å². The van der Waals surface area contributed by atoms with Crippen LogP contribution in [0, 0.1) is 5.82 Å². The summed E-state index contributed by atoms with van der Waals surface area (Å²) >= 11 is 5.51. The van der Waals surface area contributed by atoms with Crippen molar-refractivity contribution >= 4 is 17.4 Å². The fourth-order valence-corrected chi connectivity index (χ4v) is 0.916. The Bertz CT molecular complexity index is 293. The third-order valence-electron chi connectivity index (χ3n) is 1.71. The van der Waals surface area contributed by atoms with Crippen molar-refractivity contribution in [2.45, 2.75) is 26.3 Å². The second kappa shape index (κ2) is 4.37. The summed E-state index contributed by atoms with van der Waals surface area (Å²) in [7, 11) is 0. The van der Waals surface area contributed by atoms with Gasteiger partial charge < -0.3 is 5.32 Å². The molecule has 0 aromatic carbocycles. The molecular weight excluding hydrogens is 193 g/mol. The van der Waals surface area contributed by atoms with Crippen molar-refractivity contribution < 1.29 is 4.39 Å². The maximum absolute atomic E-state index is 13.0. The van der Waals surface area contributed by atoms with Gasteiger partial charge in [0.05, 0.1) is 6.20 Å². The van der Waals surface area contributed by atoms with Gasteiger partial charge >= 0.3 is 0 Å². The van der Waals surface area contributed by atoms with Gasteiger partial charge in [-0.05, 0) is 24.9 Å². The summed E-state index contributed by atoms with van der Waals surface area (Å²) in [5, 5.41) is 2.94. The van der Waals surface area contributed by atoms with E-state index in [1.807, 2.05) is 13.8 Å². The molecule has 1 N–H and O–H groups in total. The molecule has 1 aromatic heterocycles. The molecule has 3 nitrogen and oxygen atoms in total. The van der Waals surface area contributed by atoms with Crippen molar-refractivity contribution in [1.82, 2.24) is 9.97 Å². The zero-order chi connectivity index (χ0) is 9.84. The van der Waals surface area contributed by atoms with Crippen molar-refractivity contribution in [3.63, 3.8) is 0 Å². The smallest absolute Gasteiger partial charge is 0.224 e. The molecule has 0 saturated carbocycles. The minimum absolute atomic E-state index is 0.0483. The summed E-state index contributed by atoms with van der Waals surface area (Å²) < 4.78 is 13.0. The molecule has 0 amide bonds. The fourth-order valence-electron chi connectivity index (χ4n) is 0.782. The first-order valence-electron chi connectivity index (χ1n) is 4.08. The molecule has 0 saturated heterocycles. The minimum Gasteiger partial charge on any atom is -0.365 e. The van der Waals surface area contributed by atoms with E-state index in [1.165, 1.54) is 0 Å². The number of halogens is 2. The first-order valence-corrected chi connectivity index (χ1v) is 4.46.